The molecular formula is C40H47N7O5. The lowest BCUT2D eigenvalue weighted by molar-refractivity contribution is -0.127. The molecule has 5 N–H and O–H groups in total. The molecule has 0 spiro atoms. The Hall–Kier alpha value is -5.91. The van der Waals surface area contributed by atoms with Crippen LogP contribution in [-0.2, 0) is 18.9 Å². The normalized spacial score (nSPS) is 16.2. The second-order valence-corrected chi connectivity index (χ2v) is 13.5. The summed E-state index contributed by atoms with van der Waals surface area (Å²) in [6.07, 6.45) is 5.57. The van der Waals surface area contributed by atoms with Gasteiger partial charge in [-0.15, -0.1) is 0 Å². The number of carboxylic acid groups (broad SMARTS) is 1. The highest BCUT2D eigenvalue weighted by Gasteiger charge is 2.33. The summed E-state index contributed by atoms with van der Waals surface area (Å²) < 4.78 is 3.57. The number of carbonyl (C=O) groups is 4. The number of aromatic carboxylic acids is 1. The lowest BCUT2D eigenvalue weighted by Crippen LogP contribution is -2.51. The van der Waals surface area contributed by atoms with Crippen molar-refractivity contribution in [3.8, 4) is 0 Å². The van der Waals surface area contributed by atoms with E-state index in [1.165, 1.54) is 0 Å². The van der Waals surface area contributed by atoms with E-state index < -0.39 is 12.0 Å². The summed E-state index contributed by atoms with van der Waals surface area (Å²) in [5, 5.41) is 23.8. The number of rotatable bonds is 10. The molecule has 1 aliphatic carbocycles. The minimum atomic E-state index is -0.890. The number of urea groups is 1. The number of anilines is 1. The Kier molecular flexibility index (Phi) is 12.5. The molecule has 52 heavy (non-hydrogen) atoms. The van der Waals surface area contributed by atoms with Gasteiger partial charge in [0.05, 0.1) is 12.0 Å². The second kappa shape index (κ2) is 17.3. The third-order valence-corrected chi connectivity index (χ3v) is 9.28. The van der Waals surface area contributed by atoms with E-state index in [-0.39, 0.29) is 29.8 Å². The predicted molar refractivity (Wildman–Crippen MR) is 204 cm³/mol. The van der Waals surface area contributed by atoms with Gasteiger partial charge in [-0.25, -0.2) is 15.0 Å². The van der Waals surface area contributed by atoms with Gasteiger partial charge in [0.15, 0.2) is 0 Å². The first-order chi connectivity index (χ1) is 25.0. The quantitative estimate of drug-likeness (QED) is 0.0809. The molecule has 1 aliphatic rings. The minimum Gasteiger partial charge on any atom is -0.477 e. The highest BCUT2D eigenvalue weighted by Crippen LogP contribution is 2.26. The number of aryl methyl sites for hydroxylation is 2. The van der Waals surface area contributed by atoms with Crippen LogP contribution in [0.1, 0.15) is 66.9 Å². The number of nitrogens with zero attached hydrogens (tertiary/aromatic N) is 3. The number of amides is 4. The molecule has 0 saturated heterocycles. The molecular weight excluding hydrogens is 658 g/mol. The third kappa shape index (κ3) is 9.45. The molecule has 0 bridgehead atoms. The van der Waals surface area contributed by atoms with E-state index in [9.17, 15) is 19.2 Å². The van der Waals surface area contributed by atoms with Crippen molar-refractivity contribution in [3.05, 3.63) is 102 Å². The van der Waals surface area contributed by atoms with Crippen LogP contribution in [0.3, 0.4) is 0 Å². The molecule has 3 aromatic carbocycles. The van der Waals surface area contributed by atoms with E-state index >= 15 is 0 Å². The van der Waals surface area contributed by atoms with Crippen molar-refractivity contribution < 1.29 is 24.3 Å². The molecule has 1 saturated carbocycles. The van der Waals surface area contributed by atoms with Gasteiger partial charge < -0.3 is 30.2 Å². The third-order valence-electron chi connectivity index (χ3n) is 9.28. The maximum Gasteiger partial charge on any atom is 0.352 e. The molecule has 6 rings (SSSR count). The zero-order valence-electron chi connectivity index (χ0n) is 30.0. The van der Waals surface area contributed by atoms with Gasteiger partial charge in [0.1, 0.15) is 11.4 Å². The predicted octanol–water partition coefficient (Wildman–Crippen LogP) is 6.68. The molecule has 0 aliphatic heterocycles. The van der Waals surface area contributed by atoms with Crippen LogP contribution in [-0.4, -0.2) is 56.4 Å². The molecule has 0 radical (unpaired) electrons. The Labute approximate surface area is 303 Å². The molecule has 4 amide bonds. The van der Waals surface area contributed by atoms with Crippen LogP contribution in [0.5, 0.6) is 0 Å². The van der Waals surface area contributed by atoms with Gasteiger partial charge in [-0.3, -0.25) is 9.59 Å². The van der Waals surface area contributed by atoms with Crippen LogP contribution in [0.4, 0.5) is 10.5 Å². The number of hydrogen-bond acceptors (Lipinski definition) is 5. The summed E-state index contributed by atoms with van der Waals surface area (Å²) in [4.78, 5) is 49.6. The Morgan fingerprint density at radius 3 is 2.02 bits per heavy atom. The van der Waals surface area contributed by atoms with E-state index in [1.807, 2.05) is 84.4 Å². The Morgan fingerprint density at radius 2 is 1.40 bits per heavy atom. The van der Waals surface area contributed by atoms with Crippen LogP contribution < -0.4 is 21.4 Å². The topological polar surface area (TPSA) is 159 Å². The van der Waals surface area contributed by atoms with Crippen LogP contribution in [0.15, 0.2) is 96.1 Å². The molecule has 1 fully saturated rings. The largest absolute Gasteiger partial charge is 0.477 e. The summed E-state index contributed by atoms with van der Waals surface area (Å²) in [7, 11) is 3.64. The van der Waals surface area contributed by atoms with Crippen molar-refractivity contribution >= 4 is 57.5 Å². The number of fused-ring (bicyclic) bond motifs is 2. The Balaban J connectivity index is 0.000000335. The SMILES string of the molecule is CC(C)CC(C=NNC(=O)Nc1ccccc1)NC(=O)[C@@H]1CCCC[C@@H]1NC(=O)c1cc2ccccc2n1C.Cn1c(C(=O)O)cc2ccccc21. The van der Waals surface area contributed by atoms with Crippen LogP contribution >= 0.6 is 0 Å². The van der Waals surface area contributed by atoms with Crippen LogP contribution in [0.2, 0.25) is 0 Å². The average Bonchev–Trinajstić information content (AvgIpc) is 3.65. The Bertz CT molecular complexity index is 2050. The summed E-state index contributed by atoms with van der Waals surface area (Å²) in [6, 6.07) is 27.1. The van der Waals surface area contributed by atoms with E-state index in [0.29, 0.717) is 35.8 Å². The number of para-hydroxylation sites is 3. The van der Waals surface area contributed by atoms with Gasteiger partial charge in [-0.1, -0.05) is 81.3 Å². The van der Waals surface area contributed by atoms with Gasteiger partial charge >= 0.3 is 12.0 Å². The fourth-order valence-corrected chi connectivity index (χ4v) is 6.68. The number of benzene rings is 3. The first-order valence-corrected chi connectivity index (χ1v) is 17.6. The van der Waals surface area contributed by atoms with Gasteiger partial charge in [0, 0.05) is 53.8 Å². The number of hydrogen-bond donors (Lipinski definition) is 5. The average molecular weight is 706 g/mol. The highest BCUT2D eigenvalue weighted by atomic mass is 16.4. The van der Waals surface area contributed by atoms with E-state index in [2.05, 4.69) is 40.3 Å². The van der Waals surface area contributed by atoms with Crippen molar-refractivity contribution in [3.63, 3.8) is 0 Å². The molecule has 12 heteroatoms. The summed E-state index contributed by atoms with van der Waals surface area (Å²) in [5.74, 6) is -1.21. The fourth-order valence-electron chi connectivity index (χ4n) is 6.68. The molecule has 5 aromatic rings. The second-order valence-electron chi connectivity index (χ2n) is 13.5. The van der Waals surface area contributed by atoms with Crippen LogP contribution in [0.25, 0.3) is 21.8 Å². The van der Waals surface area contributed by atoms with E-state index in [0.717, 1.165) is 41.1 Å². The highest BCUT2D eigenvalue weighted by molar-refractivity contribution is 5.99. The van der Waals surface area contributed by atoms with Crippen molar-refractivity contribution in [2.45, 2.75) is 58.0 Å². The first-order valence-electron chi connectivity index (χ1n) is 17.6. The zero-order valence-corrected chi connectivity index (χ0v) is 30.0. The molecule has 12 nitrogen and oxygen atoms in total. The summed E-state index contributed by atoms with van der Waals surface area (Å²) in [5.41, 5.74) is 5.95. The van der Waals surface area contributed by atoms with Crippen molar-refractivity contribution in [2.75, 3.05) is 5.32 Å². The van der Waals surface area contributed by atoms with E-state index in [4.69, 9.17) is 5.11 Å². The standard InChI is InChI=1S/C30H38N6O3.C10H9NO2/c1-20(2)17-23(19-31-35-30(39)33-22-12-5-4-6-13-22)32-28(37)24-14-8-9-15-25(24)34-29(38)27-18-21-11-7-10-16-26(21)36(27)3;1-11-8-5-3-2-4-7(8)6-9(11)10(12)13/h4-7,10-13,16,18-20,23-25H,8-9,14-15,17H2,1-3H3,(H,32,37)(H,34,38)(H2,33,35,39);2-6H,1H3,(H,12,13)/t23?,24-,25+;/m1./s1. The lowest BCUT2D eigenvalue weighted by Gasteiger charge is -2.32. The fraction of sp³-hybridized carbons (Fsp3) is 0.325. The van der Waals surface area contributed by atoms with Gasteiger partial charge in [0.25, 0.3) is 5.91 Å². The van der Waals surface area contributed by atoms with E-state index in [1.54, 1.807) is 36.0 Å². The maximum atomic E-state index is 13.4. The number of nitrogens with one attached hydrogen (secondary N) is 4. The van der Waals surface area contributed by atoms with Crippen LogP contribution in [0, 0.1) is 11.8 Å². The van der Waals surface area contributed by atoms with Gasteiger partial charge in [-0.2, -0.15) is 5.10 Å². The minimum absolute atomic E-state index is 0.108. The molecule has 272 valence electrons. The van der Waals surface area contributed by atoms with Gasteiger partial charge in [-0.05, 0) is 61.6 Å². The first kappa shape index (κ1) is 37.3. The smallest absolute Gasteiger partial charge is 0.352 e. The number of carboxylic acids is 1. The van der Waals surface area contributed by atoms with Crippen molar-refractivity contribution in [2.24, 2.45) is 31.0 Å². The zero-order chi connectivity index (χ0) is 37.2. The summed E-state index contributed by atoms with van der Waals surface area (Å²) >= 11 is 0. The summed E-state index contributed by atoms with van der Waals surface area (Å²) in [6.45, 7) is 4.13. The Morgan fingerprint density at radius 1 is 0.827 bits per heavy atom. The monoisotopic (exact) mass is 705 g/mol. The molecule has 3 atom stereocenters. The van der Waals surface area contributed by atoms with Crippen molar-refractivity contribution in [1.82, 2.24) is 25.2 Å². The lowest BCUT2D eigenvalue weighted by atomic mass is 9.83. The van der Waals surface area contributed by atoms with Crippen molar-refractivity contribution in [1.29, 1.82) is 0 Å². The van der Waals surface area contributed by atoms with Gasteiger partial charge in [0.2, 0.25) is 5.91 Å². The number of carbonyl (C=O) groups excluding carboxylic acids is 3. The molecule has 2 aromatic heterocycles. The number of aromatic nitrogens is 2. The molecule has 1 unspecified atom stereocenters. The number of hydrazone groups is 1. The molecule has 2 heterocycles. The maximum absolute atomic E-state index is 13.4.